The number of hydrogen-bond acceptors (Lipinski definition) is 2. The molecule has 0 saturated carbocycles. The van der Waals surface area contributed by atoms with Crippen LogP contribution in [0.25, 0.3) is 0 Å². The number of rotatable bonds is 3. The van der Waals surface area contributed by atoms with Crippen molar-refractivity contribution in [3.8, 4) is 6.07 Å². The number of carbonyl (C=O) groups excluding carboxylic acids is 1. The van der Waals surface area contributed by atoms with Crippen molar-refractivity contribution in [2.24, 2.45) is 5.41 Å². The maximum Gasteiger partial charge on any atom is 0.242 e. The topological polar surface area (TPSA) is 44.1 Å². The number of hydrogen-bond donors (Lipinski definition) is 0. The summed E-state index contributed by atoms with van der Waals surface area (Å²) < 4.78 is 0. The molecule has 0 N–H and O–H groups in total. The van der Waals surface area contributed by atoms with Gasteiger partial charge in [0, 0.05) is 13.6 Å². The van der Waals surface area contributed by atoms with Crippen molar-refractivity contribution in [2.75, 3.05) is 13.6 Å². The van der Waals surface area contributed by atoms with Gasteiger partial charge in [0.15, 0.2) is 0 Å². The average Bonchev–Trinajstić information content (AvgIpc) is 2.03. The zero-order valence-corrected chi connectivity index (χ0v) is 8.22. The molecule has 0 fully saturated rings. The van der Waals surface area contributed by atoms with Crippen LogP contribution in [0.2, 0.25) is 0 Å². The maximum atomic E-state index is 11.5. The number of amides is 1. The molecule has 0 aliphatic rings. The van der Waals surface area contributed by atoms with E-state index in [0.29, 0.717) is 6.54 Å². The molecule has 0 bridgehead atoms. The van der Waals surface area contributed by atoms with E-state index in [1.165, 1.54) is 0 Å². The van der Waals surface area contributed by atoms with Gasteiger partial charge in [0.25, 0.3) is 0 Å². The van der Waals surface area contributed by atoms with E-state index in [9.17, 15) is 4.79 Å². The van der Waals surface area contributed by atoms with Gasteiger partial charge in [0.1, 0.15) is 5.41 Å². The highest BCUT2D eigenvalue weighted by Gasteiger charge is 2.29. The van der Waals surface area contributed by atoms with E-state index in [1.807, 2.05) is 13.0 Å². The Morgan fingerprint density at radius 3 is 2.42 bits per heavy atom. The number of nitriles is 1. The first-order chi connectivity index (χ1) is 5.45. The van der Waals surface area contributed by atoms with Gasteiger partial charge >= 0.3 is 0 Å². The SMILES string of the molecule is CCCN(C)C(=O)C(C)(C)C#N. The van der Waals surface area contributed by atoms with E-state index >= 15 is 0 Å². The Morgan fingerprint density at radius 2 is 2.08 bits per heavy atom. The Kier molecular flexibility index (Phi) is 3.75. The lowest BCUT2D eigenvalue weighted by Crippen LogP contribution is -2.37. The lowest BCUT2D eigenvalue weighted by Gasteiger charge is -2.23. The molecule has 1 amide bonds. The monoisotopic (exact) mass is 168 g/mol. The van der Waals surface area contributed by atoms with Crippen molar-refractivity contribution in [3.63, 3.8) is 0 Å². The van der Waals surface area contributed by atoms with E-state index in [4.69, 9.17) is 5.26 Å². The fraction of sp³-hybridized carbons (Fsp3) is 0.778. The molecule has 0 aromatic heterocycles. The van der Waals surface area contributed by atoms with E-state index in [0.717, 1.165) is 6.42 Å². The summed E-state index contributed by atoms with van der Waals surface area (Å²) in [5.74, 6) is -0.105. The second-order valence-electron chi connectivity index (χ2n) is 3.46. The normalized spacial score (nSPS) is 10.6. The van der Waals surface area contributed by atoms with Crippen LogP contribution in [-0.4, -0.2) is 24.4 Å². The van der Waals surface area contributed by atoms with Gasteiger partial charge in [0.2, 0.25) is 5.91 Å². The fourth-order valence-corrected chi connectivity index (χ4v) is 0.962. The molecule has 3 heteroatoms. The smallest absolute Gasteiger partial charge is 0.242 e. The zero-order chi connectivity index (χ0) is 9.78. The van der Waals surface area contributed by atoms with Gasteiger partial charge in [-0.2, -0.15) is 5.26 Å². The van der Waals surface area contributed by atoms with Crippen LogP contribution >= 0.6 is 0 Å². The Morgan fingerprint density at radius 1 is 1.58 bits per heavy atom. The standard InChI is InChI=1S/C9H16N2O/c1-5-6-11(4)8(12)9(2,3)7-10/h5-6H2,1-4H3. The maximum absolute atomic E-state index is 11.5. The summed E-state index contributed by atoms with van der Waals surface area (Å²) >= 11 is 0. The van der Waals surface area contributed by atoms with Crippen LogP contribution in [0.5, 0.6) is 0 Å². The molecule has 0 spiro atoms. The van der Waals surface area contributed by atoms with Crippen LogP contribution in [0.1, 0.15) is 27.2 Å². The van der Waals surface area contributed by atoms with Crippen LogP contribution in [0.3, 0.4) is 0 Å². The summed E-state index contributed by atoms with van der Waals surface area (Å²) in [6.45, 7) is 6.00. The van der Waals surface area contributed by atoms with Gasteiger partial charge in [-0.05, 0) is 20.3 Å². The van der Waals surface area contributed by atoms with Crippen molar-refractivity contribution in [1.29, 1.82) is 5.26 Å². The van der Waals surface area contributed by atoms with E-state index in [1.54, 1.807) is 25.8 Å². The van der Waals surface area contributed by atoms with Crippen LogP contribution in [-0.2, 0) is 4.79 Å². The molecule has 68 valence electrons. The largest absolute Gasteiger partial charge is 0.344 e. The quantitative estimate of drug-likeness (QED) is 0.639. The van der Waals surface area contributed by atoms with Gasteiger partial charge in [-0.1, -0.05) is 6.92 Å². The molecule has 0 atom stereocenters. The Hall–Kier alpha value is -1.04. The Bertz CT molecular complexity index is 203. The summed E-state index contributed by atoms with van der Waals surface area (Å²) in [7, 11) is 1.73. The molecule has 0 radical (unpaired) electrons. The highest BCUT2D eigenvalue weighted by atomic mass is 16.2. The minimum Gasteiger partial charge on any atom is -0.344 e. The molecule has 0 heterocycles. The molecule has 0 saturated heterocycles. The minimum absolute atomic E-state index is 0.105. The summed E-state index contributed by atoms with van der Waals surface area (Å²) in [6.07, 6.45) is 0.920. The third-order valence-corrected chi connectivity index (χ3v) is 1.72. The highest BCUT2D eigenvalue weighted by molar-refractivity contribution is 5.84. The van der Waals surface area contributed by atoms with Crippen LogP contribution in [0.15, 0.2) is 0 Å². The summed E-state index contributed by atoms with van der Waals surface area (Å²) in [4.78, 5) is 13.1. The first kappa shape index (κ1) is 11.0. The Balaban J connectivity index is 4.31. The molecule has 12 heavy (non-hydrogen) atoms. The zero-order valence-electron chi connectivity index (χ0n) is 8.22. The van der Waals surface area contributed by atoms with Crippen LogP contribution < -0.4 is 0 Å². The van der Waals surface area contributed by atoms with Crippen LogP contribution in [0, 0.1) is 16.7 Å². The Labute approximate surface area is 74.0 Å². The summed E-state index contributed by atoms with van der Waals surface area (Å²) in [6, 6.07) is 1.99. The molecule has 0 aromatic carbocycles. The van der Waals surface area contributed by atoms with Crippen molar-refractivity contribution in [1.82, 2.24) is 4.90 Å². The van der Waals surface area contributed by atoms with Crippen molar-refractivity contribution in [3.05, 3.63) is 0 Å². The molecule has 0 aliphatic heterocycles. The summed E-state index contributed by atoms with van der Waals surface area (Å²) in [5.41, 5.74) is -0.885. The number of carbonyl (C=O) groups is 1. The molecular weight excluding hydrogens is 152 g/mol. The third-order valence-electron chi connectivity index (χ3n) is 1.72. The predicted molar refractivity (Wildman–Crippen MR) is 47.3 cm³/mol. The molecule has 0 unspecified atom stereocenters. The minimum atomic E-state index is -0.885. The van der Waals surface area contributed by atoms with E-state index in [2.05, 4.69) is 0 Å². The first-order valence-corrected chi connectivity index (χ1v) is 4.12. The molecule has 0 rings (SSSR count). The van der Waals surface area contributed by atoms with Crippen molar-refractivity contribution >= 4 is 5.91 Å². The van der Waals surface area contributed by atoms with Crippen LogP contribution in [0.4, 0.5) is 0 Å². The van der Waals surface area contributed by atoms with E-state index < -0.39 is 5.41 Å². The highest BCUT2D eigenvalue weighted by Crippen LogP contribution is 2.16. The van der Waals surface area contributed by atoms with Gasteiger partial charge in [-0.15, -0.1) is 0 Å². The van der Waals surface area contributed by atoms with E-state index in [-0.39, 0.29) is 5.91 Å². The second-order valence-corrected chi connectivity index (χ2v) is 3.46. The van der Waals surface area contributed by atoms with Crippen molar-refractivity contribution < 1.29 is 4.79 Å². The predicted octanol–water partition coefficient (Wildman–Crippen LogP) is 1.40. The average molecular weight is 168 g/mol. The lowest BCUT2D eigenvalue weighted by atomic mass is 9.94. The molecule has 0 aromatic rings. The second kappa shape index (κ2) is 4.10. The van der Waals surface area contributed by atoms with Crippen molar-refractivity contribution in [2.45, 2.75) is 27.2 Å². The fourth-order valence-electron chi connectivity index (χ4n) is 0.962. The van der Waals surface area contributed by atoms with Gasteiger partial charge in [-0.25, -0.2) is 0 Å². The molecular formula is C9H16N2O. The van der Waals surface area contributed by atoms with Gasteiger partial charge < -0.3 is 4.90 Å². The molecule has 0 aliphatic carbocycles. The lowest BCUT2D eigenvalue weighted by molar-refractivity contribution is -0.136. The van der Waals surface area contributed by atoms with Gasteiger partial charge in [0.05, 0.1) is 6.07 Å². The van der Waals surface area contributed by atoms with Gasteiger partial charge in [-0.3, -0.25) is 4.79 Å². The summed E-state index contributed by atoms with van der Waals surface area (Å²) in [5, 5.41) is 8.68. The first-order valence-electron chi connectivity index (χ1n) is 4.12. The third kappa shape index (κ3) is 2.54. The molecule has 3 nitrogen and oxygen atoms in total. The number of nitrogens with zero attached hydrogens (tertiary/aromatic N) is 2.